The van der Waals surface area contributed by atoms with E-state index in [4.69, 9.17) is 9.15 Å². The molecule has 0 aliphatic carbocycles. The summed E-state index contributed by atoms with van der Waals surface area (Å²) in [5.41, 5.74) is 1.39. The van der Waals surface area contributed by atoms with Gasteiger partial charge in [0, 0.05) is 37.8 Å². The number of nitrogens with one attached hydrogen (secondary N) is 1. The Morgan fingerprint density at radius 3 is 3.27 bits per heavy atom. The Hall–Kier alpha value is -0.800. The average molecular weight is 209 g/mol. The maximum Gasteiger partial charge on any atom is 0.110 e. The summed E-state index contributed by atoms with van der Waals surface area (Å²) in [6.45, 7) is 4.07. The molecule has 0 aromatic carbocycles. The molecule has 84 valence electrons. The van der Waals surface area contributed by atoms with Crippen molar-refractivity contribution in [3.63, 3.8) is 0 Å². The molecule has 1 aliphatic rings. The molecule has 0 radical (unpaired) electrons. The topological polar surface area (TPSA) is 34.4 Å². The lowest BCUT2D eigenvalue weighted by Crippen LogP contribution is -2.44. The maximum absolute atomic E-state index is 5.49. The van der Waals surface area contributed by atoms with Crippen molar-refractivity contribution < 1.29 is 9.15 Å². The van der Waals surface area contributed by atoms with E-state index in [1.165, 1.54) is 5.56 Å². The Morgan fingerprint density at radius 2 is 2.47 bits per heavy atom. The van der Waals surface area contributed by atoms with Crippen LogP contribution in [0.4, 0.5) is 0 Å². The van der Waals surface area contributed by atoms with Gasteiger partial charge in [-0.2, -0.15) is 0 Å². The van der Waals surface area contributed by atoms with Gasteiger partial charge in [-0.15, -0.1) is 0 Å². The standard InChI is InChI=1S/C12H19NO2/c1-12(6-3-8-14-2)10-5-9-15-11(10)4-7-13-12/h5,9,13H,3-4,6-8H2,1-2H3. The highest BCUT2D eigenvalue weighted by atomic mass is 16.5. The number of rotatable bonds is 4. The summed E-state index contributed by atoms with van der Waals surface area (Å²) in [5.74, 6) is 1.15. The first-order chi connectivity index (χ1) is 7.26. The molecule has 0 saturated carbocycles. The molecule has 0 amide bonds. The SMILES string of the molecule is COCCCC1(C)NCCc2occc21. The molecule has 0 saturated heterocycles. The van der Waals surface area contributed by atoms with E-state index in [9.17, 15) is 0 Å². The average Bonchev–Trinajstić information content (AvgIpc) is 2.68. The molecule has 1 aromatic heterocycles. The first kappa shape index (κ1) is 10.7. The maximum atomic E-state index is 5.49. The largest absolute Gasteiger partial charge is 0.469 e. The molecule has 2 rings (SSSR count). The Labute approximate surface area is 90.8 Å². The number of methoxy groups -OCH3 is 1. The van der Waals surface area contributed by atoms with Crippen molar-refractivity contribution in [2.75, 3.05) is 20.3 Å². The molecular formula is C12H19NO2. The number of furan rings is 1. The first-order valence-electron chi connectivity index (χ1n) is 5.57. The van der Waals surface area contributed by atoms with Gasteiger partial charge in [0.05, 0.1) is 6.26 Å². The molecule has 3 heteroatoms. The zero-order valence-electron chi connectivity index (χ0n) is 9.51. The molecule has 1 unspecified atom stereocenters. The normalized spacial score (nSPS) is 25.2. The van der Waals surface area contributed by atoms with Crippen LogP contribution in [0.2, 0.25) is 0 Å². The predicted octanol–water partition coefficient (Wildman–Crippen LogP) is 2.07. The van der Waals surface area contributed by atoms with Gasteiger partial charge in [-0.3, -0.25) is 0 Å². The van der Waals surface area contributed by atoms with Crippen LogP contribution in [-0.4, -0.2) is 20.3 Å². The smallest absolute Gasteiger partial charge is 0.110 e. The number of hydrogen-bond acceptors (Lipinski definition) is 3. The highest BCUT2D eigenvalue weighted by Gasteiger charge is 2.32. The quantitative estimate of drug-likeness (QED) is 0.771. The van der Waals surface area contributed by atoms with Crippen LogP contribution in [0.1, 0.15) is 31.1 Å². The minimum atomic E-state index is 0.0686. The van der Waals surface area contributed by atoms with Gasteiger partial charge in [0.15, 0.2) is 0 Å². The van der Waals surface area contributed by atoms with E-state index in [0.717, 1.165) is 38.2 Å². The van der Waals surface area contributed by atoms with Gasteiger partial charge in [0.2, 0.25) is 0 Å². The van der Waals surface area contributed by atoms with Crippen LogP contribution in [-0.2, 0) is 16.7 Å². The molecule has 3 nitrogen and oxygen atoms in total. The zero-order valence-corrected chi connectivity index (χ0v) is 9.51. The van der Waals surface area contributed by atoms with Crippen molar-refractivity contribution in [3.8, 4) is 0 Å². The fraction of sp³-hybridized carbons (Fsp3) is 0.667. The van der Waals surface area contributed by atoms with Crippen molar-refractivity contribution in [2.45, 2.75) is 31.7 Å². The summed E-state index contributed by atoms with van der Waals surface area (Å²) in [7, 11) is 1.75. The predicted molar refractivity (Wildman–Crippen MR) is 58.9 cm³/mol. The van der Waals surface area contributed by atoms with Gasteiger partial charge < -0.3 is 14.5 Å². The van der Waals surface area contributed by atoms with Crippen molar-refractivity contribution in [1.82, 2.24) is 5.32 Å². The summed E-state index contributed by atoms with van der Waals surface area (Å²) in [4.78, 5) is 0. The second-order valence-corrected chi connectivity index (χ2v) is 4.36. The lowest BCUT2D eigenvalue weighted by atomic mass is 9.84. The Bertz CT molecular complexity index is 321. The van der Waals surface area contributed by atoms with E-state index in [1.54, 1.807) is 13.4 Å². The Morgan fingerprint density at radius 1 is 1.60 bits per heavy atom. The second-order valence-electron chi connectivity index (χ2n) is 4.36. The van der Waals surface area contributed by atoms with Crippen molar-refractivity contribution in [1.29, 1.82) is 0 Å². The van der Waals surface area contributed by atoms with Gasteiger partial charge in [-0.05, 0) is 25.8 Å². The summed E-state index contributed by atoms with van der Waals surface area (Å²) in [5, 5.41) is 3.58. The van der Waals surface area contributed by atoms with Crippen LogP contribution < -0.4 is 5.32 Å². The highest BCUT2D eigenvalue weighted by Crippen LogP contribution is 2.32. The van der Waals surface area contributed by atoms with Crippen LogP contribution in [0.5, 0.6) is 0 Å². The number of ether oxygens (including phenoxy) is 1. The Balaban J connectivity index is 2.09. The molecule has 1 aromatic rings. The van der Waals surface area contributed by atoms with Gasteiger partial charge in [-0.1, -0.05) is 0 Å². The van der Waals surface area contributed by atoms with Crippen LogP contribution in [0.15, 0.2) is 16.7 Å². The molecular weight excluding hydrogens is 190 g/mol. The molecule has 0 spiro atoms. The van der Waals surface area contributed by atoms with Crippen LogP contribution in [0, 0.1) is 0 Å². The lowest BCUT2D eigenvalue weighted by molar-refractivity contribution is 0.176. The van der Waals surface area contributed by atoms with E-state index < -0.39 is 0 Å². The van der Waals surface area contributed by atoms with Crippen LogP contribution >= 0.6 is 0 Å². The highest BCUT2D eigenvalue weighted by molar-refractivity contribution is 5.28. The fourth-order valence-corrected chi connectivity index (χ4v) is 2.37. The molecule has 0 fully saturated rings. The monoisotopic (exact) mass is 209 g/mol. The summed E-state index contributed by atoms with van der Waals surface area (Å²) in [6.07, 6.45) is 4.96. The summed E-state index contributed by atoms with van der Waals surface area (Å²) in [6, 6.07) is 2.09. The van der Waals surface area contributed by atoms with Gasteiger partial charge >= 0.3 is 0 Å². The van der Waals surface area contributed by atoms with E-state index in [1.807, 2.05) is 0 Å². The van der Waals surface area contributed by atoms with Crippen molar-refractivity contribution >= 4 is 0 Å². The number of fused-ring (bicyclic) bond motifs is 1. The van der Waals surface area contributed by atoms with E-state index in [0.29, 0.717) is 0 Å². The van der Waals surface area contributed by atoms with Gasteiger partial charge in [-0.25, -0.2) is 0 Å². The third kappa shape index (κ3) is 2.08. The minimum Gasteiger partial charge on any atom is -0.469 e. The van der Waals surface area contributed by atoms with E-state index >= 15 is 0 Å². The summed E-state index contributed by atoms with van der Waals surface area (Å²) >= 11 is 0. The molecule has 1 N–H and O–H groups in total. The second kappa shape index (κ2) is 4.37. The molecule has 0 bridgehead atoms. The fourth-order valence-electron chi connectivity index (χ4n) is 2.37. The van der Waals surface area contributed by atoms with Crippen LogP contribution in [0.25, 0.3) is 0 Å². The van der Waals surface area contributed by atoms with Gasteiger partial charge in [0.25, 0.3) is 0 Å². The minimum absolute atomic E-state index is 0.0686. The van der Waals surface area contributed by atoms with E-state index in [2.05, 4.69) is 18.3 Å². The van der Waals surface area contributed by atoms with E-state index in [-0.39, 0.29) is 5.54 Å². The molecule has 2 heterocycles. The molecule has 1 atom stereocenters. The number of hydrogen-bond donors (Lipinski definition) is 1. The lowest BCUT2D eigenvalue weighted by Gasteiger charge is -2.34. The van der Waals surface area contributed by atoms with Crippen LogP contribution in [0.3, 0.4) is 0 Å². The van der Waals surface area contributed by atoms with Gasteiger partial charge in [0.1, 0.15) is 5.76 Å². The summed E-state index contributed by atoms with van der Waals surface area (Å²) < 4.78 is 10.6. The Kier molecular flexibility index (Phi) is 3.12. The molecule has 15 heavy (non-hydrogen) atoms. The molecule has 1 aliphatic heterocycles. The first-order valence-corrected chi connectivity index (χ1v) is 5.57. The van der Waals surface area contributed by atoms with Crippen molar-refractivity contribution in [2.24, 2.45) is 0 Å². The third-order valence-electron chi connectivity index (χ3n) is 3.23. The third-order valence-corrected chi connectivity index (χ3v) is 3.23. The zero-order chi connectivity index (χ0) is 10.7. The van der Waals surface area contributed by atoms with Crippen molar-refractivity contribution in [3.05, 3.63) is 23.7 Å².